The van der Waals surface area contributed by atoms with Gasteiger partial charge >= 0.3 is 5.69 Å². The molecule has 1 heterocycles. The van der Waals surface area contributed by atoms with Crippen molar-refractivity contribution in [3.05, 3.63) is 62.8 Å². The maximum atomic E-state index is 12.8. The second-order valence-electron chi connectivity index (χ2n) is 8.06. The van der Waals surface area contributed by atoms with Crippen molar-refractivity contribution in [2.75, 3.05) is 4.72 Å². The zero-order valence-electron chi connectivity index (χ0n) is 17.2. The maximum absolute atomic E-state index is 12.8. The van der Waals surface area contributed by atoms with E-state index in [0.717, 1.165) is 6.07 Å². The number of aromatic nitrogens is 2. The Bertz CT molecular complexity index is 1500. The lowest BCUT2D eigenvalue weighted by atomic mass is 10.1. The monoisotopic (exact) mass is 466 g/mol. The Morgan fingerprint density at radius 2 is 1.55 bits per heavy atom. The Morgan fingerprint density at radius 1 is 0.871 bits per heavy atom. The van der Waals surface area contributed by atoms with E-state index in [1.165, 1.54) is 30.3 Å². The zero-order valence-corrected chi connectivity index (χ0v) is 18.9. The Morgan fingerprint density at radius 3 is 2.19 bits per heavy atom. The van der Waals surface area contributed by atoms with Gasteiger partial charge in [0.15, 0.2) is 0 Å². The van der Waals surface area contributed by atoms with Crippen LogP contribution in [-0.4, -0.2) is 32.3 Å². The third-order valence-electron chi connectivity index (χ3n) is 4.19. The van der Waals surface area contributed by atoms with Crippen molar-refractivity contribution < 1.29 is 16.8 Å². The number of anilines is 1. The summed E-state index contributed by atoms with van der Waals surface area (Å²) >= 11 is 0. The Kier molecular flexibility index (Phi) is 5.59. The van der Waals surface area contributed by atoms with Gasteiger partial charge in [0.25, 0.3) is 15.6 Å². The number of hydrogen-bond acceptors (Lipinski definition) is 6. The van der Waals surface area contributed by atoms with Crippen molar-refractivity contribution in [1.29, 1.82) is 0 Å². The highest BCUT2D eigenvalue weighted by Crippen LogP contribution is 2.24. The molecule has 0 aliphatic carbocycles. The Labute approximate surface area is 178 Å². The predicted octanol–water partition coefficient (Wildman–Crippen LogP) is 1.40. The number of sulfonamides is 2. The Hall–Kier alpha value is -2.96. The zero-order chi connectivity index (χ0) is 23.2. The number of aromatic amines is 2. The summed E-state index contributed by atoms with van der Waals surface area (Å²) in [5.74, 6) is 0. The standard InChI is InChI=1S/C19H22N4O6S2/c1-11-5-6-12(9-16(11)31(28,29)23-19(2,3)4)22-30(26,27)13-7-8-15-14(10-13)17(24)21-18(25)20-15/h5-10,22-23H,1-4H3,(H2,20,21,24,25). The summed E-state index contributed by atoms with van der Waals surface area (Å²) in [6.07, 6.45) is 0. The Balaban J connectivity index is 2.02. The first-order valence-corrected chi connectivity index (χ1v) is 12.1. The molecule has 12 heteroatoms. The predicted molar refractivity (Wildman–Crippen MR) is 117 cm³/mol. The number of benzene rings is 2. The van der Waals surface area contributed by atoms with Crippen LogP contribution in [-0.2, 0) is 20.0 Å². The van der Waals surface area contributed by atoms with Crippen molar-refractivity contribution in [3.63, 3.8) is 0 Å². The molecule has 0 radical (unpaired) electrons. The van der Waals surface area contributed by atoms with Crippen LogP contribution in [0.4, 0.5) is 5.69 Å². The molecule has 0 saturated carbocycles. The SMILES string of the molecule is Cc1ccc(NS(=O)(=O)c2ccc3[nH]c(=O)[nH]c(=O)c3c2)cc1S(=O)(=O)NC(C)(C)C. The molecule has 0 aliphatic rings. The third kappa shape index (κ3) is 5.03. The second-order valence-corrected chi connectivity index (χ2v) is 11.4. The first kappa shape index (κ1) is 22.7. The third-order valence-corrected chi connectivity index (χ3v) is 7.47. The molecule has 0 fully saturated rings. The summed E-state index contributed by atoms with van der Waals surface area (Å²) in [6, 6.07) is 7.82. The van der Waals surface area contributed by atoms with Gasteiger partial charge in [-0.3, -0.25) is 14.5 Å². The molecule has 0 bridgehead atoms. The van der Waals surface area contributed by atoms with Gasteiger partial charge in [0, 0.05) is 5.54 Å². The normalized spacial score (nSPS) is 12.8. The number of aryl methyl sites for hydroxylation is 1. The van der Waals surface area contributed by atoms with E-state index in [-0.39, 0.29) is 26.4 Å². The van der Waals surface area contributed by atoms with E-state index < -0.39 is 36.8 Å². The average Bonchev–Trinajstić information content (AvgIpc) is 2.60. The van der Waals surface area contributed by atoms with E-state index in [9.17, 15) is 26.4 Å². The fraction of sp³-hybridized carbons (Fsp3) is 0.263. The first-order chi connectivity index (χ1) is 14.2. The molecule has 0 aliphatic heterocycles. The molecule has 0 unspecified atom stereocenters. The number of rotatable bonds is 5. The fourth-order valence-electron chi connectivity index (χ4n) is 2.94. The lowest BCUT2D eigenvalue weighted by molar-refractivity contribution is 0.491. The van der Waals surface area contributed by atoms with Crippen molar-refractivity contribution in [2.24, 2.45) is 0 Å². The molecule has 4 N–H and O–H groups in total. The summed E-state index contributed by atoms with van der Waals surface area (Å²) in [5.41, 5.74) is -1.49. The lowest BCUT2D eigenvalue weighted by Crippen LogP contribution is -2.40. The van der Waals surface area contributed by atoms with Crippen LogP contribution < -0.4 is 20.7 Å². The molecule has 31 heavy (non-hydrogen) atoms. The fourth-order valence-corrected chi connectivity index (χ4v) is 5.70. The highest BCUT2D eigenvalue weighted by atomic mass is 32.2. The summed E-state index contributed by atoms with van der Waals surface area (Å²) < 4.78 is 56.0. The minimum absolute atomic E-state index is 0.0102. The van der Waals surface area contributed by atoms with Crippen LogP contribution in [0.25, 0.3) is 10.9 Å². The number of fused-ring (bicyclic) bond motifs is 1. The van der Waals surface area contributed by atoms with Gasteiger partial charge in [-0.25, -0.2) is 26.4 Å². The van der Waals surface area contributed by atoms with Crippen LogP contribution in [0.2, 0.25) is 0 Å². The van der Waals surface area contributed by atoms with Gasteiger partial charge in [-0.05, 0) is 63.6 Å². The molecule has 1 aromatic heterocycles. The minimum Gasteiger partial charge on any atom is -0.307 e. The van der Waals surface area contributed by atoms with Crippen LogP contribution in [0.5, 0.6) is 0 Å². The van der Waals surface area contributed by atoms with Crippen LogP contribution in [0.1, 0.15) is 26.3 Å². The van der Waals surface area contributed by atoms with Crippen molar-refractivity contribution >= 4 is 36.6 Å². The van der Waals surface area contributed by atoms with E-state index in [0.29, 0.717) is 5.56 Å². The van der Waals surface area contributed by atoms with Crippen LogP contribution >= 0.6 is 0 Å². The molecule has 10 nitrogen and oxygen atoms in total. The number of hydrogen-bond donors (Lipinski definition) is 4. The quantitative estimate of drug-likeness (QED) is 0.445. The van der Waals surface area contributed by atoms with Crippen LogP contribution in [0.3, 0.4) is 0 Å². The van der Waals surface area contributed by atoms with Gasteiger partial charge in [0.2, 0.25) is 10.0 Å². The number of nitrogens with one attached hydrogen (secondary N) is 4. The van der Waals surface area contributed by atoms with Gasteiger partial charge in [-0.2, -0.15) is 0 Å². The molecule has 3 aromatic rings. The summed E-state index contributed by atoms with van der Waals surface area (Å²) in [6.45, 7) is 6.69. The van der Waals surface area contributed by atoms with Gasteiger partial charge in [-0.1, -0.05) is 6.07 Å². The smallest absolute Gasteiger partial charge is 0.307 e. The largest absolute Gasteiger partial charge is 0.326 e. The summed E-state index contributed by atoms with van der Waals surface area (Å²) in [5, 5.41) is -0.0102. The molecule has 0 saturated heterocycles. The maximum Gasteiger partial charge on any atom is 0.326 e. The average molecular weight is 467 g/mol. The van der Waals surface area contributed by atoms with Gasteiger partial charge in [-0.15, -0.1) is 0 Å². The van der Waals surface area contributed by atoms with E-state index >= 15 is 0 Å². The van der Waals surface area contributed by atoms with Crippen molar-refractivity contribution in [2.45, 2.75) is 43.0 Å². The first-order valence-electron chi connectivity index (χ1n) is 9.12. The second kappa shape index (κ2) is 7.62. The highest BCUT2D eigenvalue weighted by molar-refractivity contribution is 7.92. The van der Waals surface area contributed by atoms with Crippen molar-refractivity contribution in [1.82, 2.24) is 14.7 Å². The molecule has 3 rings (SSSR count). The minimum atomic E-state index is -4.15. The van der Waals surface area contributed by atoms with E-state index in [2.05, 4.69) is 14.4 Å². The number of H-pyrrole nitrogens is 2. The highest BCUT2D eigenvalue weighted by Gasteiger charge is 2.25. The summed E-state index contributed by atoms with van der Waals surface area (Å²) in [4.78, 5) is 27.5. The molecule has 0 atom stereocenters. The summed E-state index contributed by atoms with van der Waals surface area (Å²) in [7, 11) is -8.05. The van der Waals surface area contributed by atoms with Gasteiger partial charge in [0.05, 0.1) is 26.4 Å². The van der Waals surface area contributed by atoms with Crippen molar-refractivity contribution in [3.8, 4) is 0 Å². The molecule has 0 amide bonds. The van der Waals surface area contributed by atoms with E-state index in [1.54, 1.807) is 27.7 Å². The topological polar surface area (TPSA) is 158 Å². The van der Waals surface area contributed by atoms with Crippen LogP contribution in [0, 0.1) is 6.92 Å². The van der Waals surface area contributed by atoms with Gasteiger partial charge < -0.3 is 4.98 Å². The van der Waals surface area contributed by atoms with E-state index in [4.69, 9.17) is 0 Å². The molecule has 166 valence electrons. The molecular weight excluding hydrogens is 444 g/mol. The lowest BCUT2D eigenvalue weighted by Gasteiger charge is -2.21. The van der Waals surface area contributed by atoms with E-state index in [1.807, 2.05) is 4.98 Å². The molecule has 0 spiro atoms. The molecular formula is C19H22N4O6S2. The van der Waals surface area contributed by atoms with Gasteiger partial charge in [0.1, 0.15) is 0 Å². The molecule has 2 aromatic carbocycles. The van der Waals surface area contributed by atoms with Crippen LogP contribution in [0.15, 0.2) is 55.8 Å².